The van der Waals surface area contributed by atoms with E-state index in [0.717, 1.165) is 0 Å². The number of rotatable bonds is 10. The lowest BCUT2D eigenvalue weighted by atomic mass is 10.2. The van der Waals surface area contributed by atoms with Gasteiger partial charge in [-0.25, -0.2) is 9.59 Å². The van der Waals surface area contributed by atoms with Crippen molar-refractivity contribution in [3.8, 4) is 0 Å². The Morgan fingerprint density at radius 1 is 0.781 bits per heavy atom. The van der Waals surface area contributed by atoms with Crippen LogP contribution >= 0.6 is 0 Å². The zero-order valence-electron chi connectivity index (χ0n) is 20.3. The van der Waals surface area contributed by atoms with Crippen molar-refractivity contribution in [2.75, 3.05) is 26.2 Å². The lowest BCUT2D eigenvalue weighted by molar-refractivity contribution is 0.0243. The first-order valence-electron chi connectivity index (χ1n) is 11.2. The summed E-state index contributed by atoms with van der Waals surface area (Å²) in [4.78, 5) is 38.0. The van der Waals surface area contributed by atoms with E-state index in [4.69, 9.17) is 9.47 Å². The summed E-state index contributed by atoms with van der Waals surface area (Å²) in [5.41, 5.74) is -0.517. The molecule has 0 bridgehead atoms. The van der Waals surface area contributed by atoms with E-state index in [2.05, 4.69) is 10.6 Å². The standard InChI is InChI=1S/C24H39N3O5/c1-23(2,3)31-21(29)26-15-10-11-17-27(22(30)32-24(4,5)6)18-12-16-25-20(28)19-13-8-7-9-14-19/h7-9,13-14H,10-12,15-18H2,1-6H3,(H,25,28)(H,26,29). The number of amides is 3. The molecule has 1 aromatic rings. The number of hydrogen-bond acceptors (Lipinski definition) is 5. The molecule has 3 amide bonds. The molecule has 0 heterocycles. The molecule has 2 N–H and O–H groups in total. The van der Waals surface area contributed by atoms with Gasteiger partial charge in [0.1, 0.15) is 11.2 Å². The lowest BCUT2D eigenvalue weighted by Gasteiger charge is -2.27. The van der Waals surface area contributed by atoms with Crippen molar-refractivity contribution >= 4 is 18.1 Å². The number of carbonyl (C=O) groups is 3. The van der Waals surface area contributed by atoms with Gasteiger partial charge in [0.05, 0.1) is 0 Å². The van der Waals surface area contributed by atoms with E-state index in [9.17, 15) is 14.4 Å². The van der Waals surface area contributed by atoms with Gasteiger partial charge < -0.3 is 25.0 Å². The maximum absolute atomic E-state index is 12.6. The van der Waals surface area contributed by atoms with Crippen LogP contribution < -0.4 is 10.6 Å². The molecule has 0 atom stereocenters. The highest BCUT2D eigenvalue weighted by molar-refractivity contribution is 5.94. The van der Waals surface area contributed by atoms with Gasteiger partial charge in [0, 0.05) is 31.7 Å². The predicted octanol–water partition coefficient (Wildman–Crippen LogP) is 4.35. The first kappa shape index (κ1) is 27.3. The van der Waals surface area contributed by atoms with Crippen LogP contribution in [-0.4, -0.2) is 60.4 Å². The smallest absolute Gasteiger partial charge is 0.410 e. The Hall–Kier alpha value is -2.77. The van der Waals surface area contributed by atoms with Gasteiger partial charge in [0.2, 0.25) is 0 Å². The summed E-state index contributed by atoms with van der Waals surface area (Å²) in [5, 5.41) is 5.59. The molecular formula is C24H39N3O5. The SMILES string of the molecule is CC(C)(C)OC(=O)NCCCCN(CCCNC(=O)c1ccccc1)C(=O)OC(C)(C)C. The second-order valence-corrected chi connectivity index (χ2v) is 9.58. The van der Waals surface area contributed by atoms with E-state index in [-0.39, 0.29) is 12.0 Å². The molecule has 0 aliphatic heterocycles. The van der Waals surface area contributed by atoms with E-state index < -0.39 is 17.3 Å². The van der Waals surface area contributed by atoms with Crippen LogP contribution in [-0.2, 0) is 9.47 Å². The fraction of sp³-hybridized carbons (Fsp3) is 0.625. The molecule has 0 aliphatic rings. The third-order valence-electron chi connectivity index (χ3n) is 4.10. The lowest BCUT2D eigenvalue weighted by Crippen LogP contribution is -2.39. The van der Waals surface area contributed by atoms with Crippen molar-refractivity contribution < 1.29 is 23.9 Å². The second-order valence-electron chi connectivity index (χ2n) is 9.58. The molecule has 1 aromatic carbocycles. The highest BCUT2D eigenvalue weighted by Gasteiger charge is 2.22. The van der Waals surface area contributed by atoms with Crippen molar-refractivity contribution in [1.29, 1.82) is 0 Å². The highest BCUT2D eigenvalue weighted by atomic mass is 16.6. The number of unbranched alkanes of at least 4 members (excludes halogenated alkanes) is 1. The molecule has 32 heavy (non-hydrogen) atoms. The zero-order chi connectivity index (χ0) is 24.2. The van der Waals surface area contributed by atoms with Gasteiger partial charge in [-0.15, -0.1) is 0 Å². The summed E-state index contributed by atoms with van der Waals surface area (Å²) >= 11 is 0. The minimum absolute atomic E-state index is 0.136. The van der Waals surface area contributed by atoms with Gasteiger partial charge >= 0.3 is 12.2 Å². The number of nitrogens with one attached hydrogen (secondary N) is 2. The summed E-state index contributed by atoms with van der Waals surface area (Å²) in [6.45, 7) is 12.8. The molecule has 180 valence electrons. The monoisotopic (exact) mass is 449 g/mol. The van der Waals surface area contributed by atoms with Gasteiger partial charge in [0.15, 0.2) is 0 Å². The quantitative estimate of drug-likeness (QED) is 0.518. The first-order valence-corrected chi connectivity index (χ1v) is 11.2. The average molecular weight is 450 g/mol. The molecule has 8 nitrogen and oxygen atoms in total. The summed E-state index contributed by atoms with van der Waals surface area (Å²) in [5.74, 6) is -0.136. The van der Waals surface area contributed by atoms with Gasteiger partial charge in [-0.2, -0.15) is 0 Å². The van der Waals surface area contributed by atoms with Crippen molar-refractivity contribution in [1.82, 2.24) is 15.5 Å². The third kappa shape index (κ3) is 12.8. The molecule has 0 unspecified atom stereocenters. The molecule has 0 saturated heterocycles. The van der Waals surface area contributed by atoms with Crippen LogP contribution in [0.1, 0.15) is 71.2 Å². The maximum atomic E-state index is 12.6. The van der Waals surface area contributed by atoms with Crippen LogP contribution in [0.5, 0.6) is 0 Å². The van der Waals surface area contributed by atoms with Gasteiger partial charge in [-0.05, 0) is 72.9 Å². The Morgan fingerprint density at radius 2 is 1.34 bits per heavy atom. The fourth-order valence-electron chi connectivity index (χ4n) is 2.72. The number of nitrogens with zero attached hydrogens (tertiary/aromatic N) is 1. The van der Waals surface area contributed by atoms with Crippen LogP contribution in [0, 0.1) is 0 Å². The normalized spacial score (nSPS) is 11.4. The molecular weight excluding hydrogens is 410 g/mol. The van der Waals surface area contributed by atoms with Gasteiger partial charge in [0.25, 0.3) is 5.91 Å². The third-order valence-corrected chi connectivity index (χ3v) is 4.10. The van der Waals surface area contributed by atoms with Crippen LogP contribution in [0.2, 0.25) is 0 Å². The van der Waals surface area contributed by atoms with E-state index in [0.29, 0.717) is 51.0 Å². The first-order chi connectivity index (χ1) is 14.9. The average Bonchev–Trinajstić information content (AvgIpc) is 2.67. The molecule has 8 heteroatoms. The Kier molecular flexibility index (Phi) is 11.0. The Bertz CT molecular complexity index is 723. The molecule has 0 radical (unpaired) electrons. The Morgan fingerprint density at radius 3 is 1.94 bits per heavy atom. The Labute approximate surface area is 192 Å². The predicted molar refractivity (Wildman–Crippen MR) is 125 cm³/mol. The minimum Gasteiger partial charge on any atom is -0.444 e. The van der Waals surface area contributed by atoms with Crippen LogP contribution in [0.3, 0.4) is 0 Å². The molecule has 0 aromatic heterocycles. The Balaban J connectivity index is 2.43. The van der Waals surface area contributed by atoms with E-state index >= 15 is 0 Å². The van der Waals surface area contributed by atoms with Crippen LogP contribution in [0.15, 0.2) is 30.3 Å². The fourth-order valence-corrected chi connectivity index (χ4v) is 2.72. The molecule has 1 rings (SSSR count). The van der Waals surface area contributed by atoms with Crippen LogP contribution in [0.25, 0.3) is 0 Å². The zero-order valence-corrected chi connectivity index (χ0v) is 20.3. The van der Waals surface area contributed by atoms with Crippen molar-refractivity contribution in [3.05, 3.63) is 35.9 Å². The summed E-state index contributed by atoms with van der Waals surface area (Å²) in [6.07, 6.45) is 1.17. The van der Waals surface area contributed by atoms with E-state index in [1.54, 1.807) is 17.0 Å². The number of carbonyl (C=O) groups excluding carboxylic acids is 3. The van der Waals surface area contributed by atoms with E-state index in [1.165, 1.54) is 0 Å². The number of benzene rings is 1. The maximum Gasteiger partial charge on any atom is 0.410 e. The summed E-state index contributed by atoms with van der Waals surface area (Å²) < 4.78 is 10.7. The van der Waals surface area contributed by atoms with Gasteiger partial charge in [-0.1, -0.05) is 18.2 Å². The minimum atomic E-state index is -0.588. The number of hydrogen-bond donors (Lipinski definition) is 2. The topological polar surface area (TPSA) is 97.0 Å². The number of alkyl carbamates (subject to hydrolysis) is 1. The highest BCUT2D eigenvalue weighted by Crippen LogP contribution is 2.11. The van der Waals surface area contributed by atoms with Crippen molar-refractivity contribution in [2.24, 2.45) is 0 Å². The number of ether oxygens (including phenoxy) is 2. The van der Waals surface area contributed by atoms with Crippen LogP contribution in [0.4, 0.5) is 9.59 Å². The largest absolute Gasteiger partial charge is 0.444 e. The van der Waals surface area contributed by atoms with Crippen molar-refractivity contribution in [3.63, 3.8) is 0 Å². The second kappa shape index (κ2) is 12.9. The van der Waals surface area contributed by atoms with Gasteiger partial charge in [-0.3, -0.25) is 4.79 Å². The van der Waals surface area contributed by atoms with E-state index in [1.807, 2.05) is 59.7 Å². The summed E-state index contributed by atoms with van der Waals surface area (Å²) in [7, 11) is 0. The summed E-state index contributed by atoms with van der Waals surface area (Å²) in [6, 6.07) is 9.01. The molecule has 0 fully saturated rings. The molecule has 0 aliphatic carbocycles. The molecule has 0 saturated carbocycles. The van der Waals surface area contributed by atoms with Crippen molar-refractivity contribution in [2.45, 2.75) is 72.0 Å². The molecule has 0 spiro atoms.